The van der Waals surface area contributed by atoms with Gasteiger partial charge in [0.15, 0.2) is 17.3 Å². The molecule has 2 atom stereocenters. The van der Waals surface area contributed by atoms with Crippen LogP contribution in [0.15, 0.2) is 23.0 Å². The Hall–Kier alpha value is -3.02. The second-order valence-corrected chi connectivity index (χ2v) is 8.95. The van der Waals surface area contributed by atoms with E-state index in [1.54, 1.807) is 11.8 Å². The second kappa shape index (κ2) is 10.7. The summed E-state index contributed by atoms with van der Waals surface area (Å²) in [4.78, 5) is 18.4. The second-order valence-electron chi connectivity index (χ2n) is 8.95. The van der Waals surface area contributed by atoms with Gasteiger partial charge < -0.3 is 23.9 Å². The summed E-state index contributed by atoms with van der Waals surface area (Å²) in [6.45, 7) is 6.10. The minimum atomic E-state index is -0.125. The molecule has 188 valence electrons. The summed E-state index contributed by atoms with van der Waals surface area (Å²) >= 11 is 0. The van der Waals surface area contributed by atoms with Gasteiger partial charge in [-0.3, -0.25) is 9.69 Å². The number of benzene rings is 1. The molecule has 1 fully saturated rings. The van der Waals surface area contributed by atoms with Crippen molar-refractivity contribution in [2.24, 2.45) is 0 Å². The highest BCUT2D eigenvalue weighted by Gasteiger charge is 2.29. The van der Waals surface area contributed by atoms with Gasteiger partial charge in [-0.15, -0.1) is 5.10 Å². The molecular formula is C24H32N6O5. The molecule has 11 heteroatoms. The Bertz CT molecular complexity index is 1200. The highest BCUT2D eigenvalue weighted by molar-refractivity contribution is 5.83. The van der Waals surface area contributed by atoms with Gasteiger partial charge in [0.2, 0.25) is 0 Å². The van der Waals surface area contributed by atoms with Crippen molar-refractivity contribution < 1.29 is 18.9 Å². The highest BCUT2D eigenvalue weighted by Crippen LogP contribution is 2.34. The van der Waals surface area contributed by atoms with Crippen molar-refractivity contribution in [3.63, 3.8) is 0 Å². The van der Waals surface area contributed by atoms with E-state index in [2.05, 4.69) is 32.3 Å². The number of H-pyrrole nitrogens is 1. The van der Waals surface area contributed by atoms with Crippen molar-refractivity contribution in [2.75, 3.05) is 40.1 Å². The summed E-state index contributed by atoms with van der Waals surface area (Å²) in [5, 5.41) is 13.3. The average molecular weight is 485 g/mol. The Morgan fingerprint density at radius 2 is 2.06 bits per heavy atom. The van der Waals surface area contributed by atoms with Crippen molar-refractivity contribution >= 4 is 10.9 Å². The van der Waals surface area contributed by atoms with Gasteiger partial charge in [-0.2, -0.15) is 0 Å². The molecule has 0 unspecified atom stereocenters. The lowest BCUT2D eigenvalue weighted by Gasteiger charge is -2.32. The molecule has 1 N–H and O–H groups in total. The van der Waals surface area contributed by atoms with Crippen LogP contribution in [0.4, 0.5) is 0 Å². The summed E-state index contributed by atoms with van der Waals surface area (Å²) in [5.41, 5.74) is 1.27. The quantitative estimate of drug-likeness (QED) is 0.461. The number of pyridine rings is 1. The summed E-state index contributed by atoms with van der Waals surface area (Å²) in [6, 6.07) is 5.62. The summed E-state index contributed by atoms with van der Waals surface area (Å²) in [7, 11) is 1.66. The largest absolute Gasteiger partial charge is 0.486 e. The van der Waals surface area contributed by atoms with E-state index in [4.69, 9.17) is 18.9 Å². The van der Waals surface area contributed by atoms with E-state index in [1.165, 1.54) is 0 Å². The normalized spacial score (nSPS) is 18.4. The molecule has 0 amide bonds. The van der Waals surface area contributed by atoms with Gasteiger partial charge in [-0.1, -0.05) is 6.92 Å². The number of rotatable bonds is 10. The predicted molar refractivity (Wildman–Crippen MR) is 128 cm³/mol. The fraction of sp³-hybridized carbons (Fsp3) is 0.583. The van der Waals surface area contributed by atoms with Gasteiger partial charge in [0.25, 0.3) is 5.56 Å². The van der Waals surface area contributed by atoms with Crippen molar-refractivity contribution in [3.8, 4) is 11.5 Å². The number of fused-ring (bicyclic) bond motifs is 2. The maximum absolute atomic E-state index is 13.1. The smallest absolute Gasteiger partial charge is 0.252 e. The first-order valence-corrected chi connectivity index (χ1v) is 12.2. The Morgan fingerprint density at radius 1 is 1.23 bits per heavy atom. The zero-order chi connectivity index (χ0) is 24.2. The van der Waals surface area contributed by atoms with E-state index in [1.807, 2.05) is 18.2 Å². The van der Waals surface area contributed by atoms with Gasteiger partial charge in [-0.25, -0.2) is 4.68 Å². The molecule has 5 rings (SSSR count). The van der Waals surface area contributed by atoms with Crippen molar-refractivity contribution in [2.45, 2.75) is 51.4 Å². The molecule has 2 aliphatic heterocycles. The van der Waals surface area contributed by atoms with Crippen LogP contribution in [0.5, 0.6) is 11.5 Å². The first-order chi connectivity index (χ1) is 17.2. The van der Waals surface area contributed by atoms with Crippen LogP contribution in [0.1, 0.15) is 43.6 Å². The van der Waals surface area contributed by atoms with Crippen LogP contribution < -0.4 is 15.0 Å². The first kappa shape index (κ1) is 23.7. The zero-order valence-electron chi connectivity index (χ0n) is 20.2. The summed E-state index contributed by atoms with van der Waals surface area (Å²) in [5.74, 6) is 2.11. The van der Waals surface area contributed by atoms with Crippen molar-refractivity contribution in [1.82, 2.24) is 30.1 Å². The Kier molecular flexibility index (Phi) is 7.26. The Labute approximate surface area is 203 Å². The standard InChI is InChI=1S/C24H32N6O5/c1-3-20(23-26-27-28-30(23)6-8-32-2)29(15-18-5-4-7-33-18)14-17-11-16-12-21-22(35-10-9-34-21)13-19(16)25-24(17)31/h11-13,18,20H,3-10,14-15H2,1-2H3,(H,25,31)/t18-,20-/m0/s1. The molecule has 0 aliphatic carbocycles. The lowest BCUT2D eigenvalue weighted by Crippen LogP contribution is -2.38. The van der Waals surface area contributed by atoms with Gasteiger partial charge in [0.05, 0.1) is 30.8 Å². The molecule has 0 spiro atoms. The van der Waals surface area contributed by atoms with Gasteiger partial charge >= 0.3 is 0 Å². The first-order valence-electron chi connectivity index (χ1n) is 12.2. The van der Waals surface area contributed by atoms with Gasteiger partial charge in [0, 0.05) is 43.8 Å². The molecule has 1 aromatic carbocycles. The molecule has 3 aromatic rings. The Morgan fingerprint density at radius 3 is 2.80 bits per heavy atom. The van der Waals surface area contributed by atoms with E-state index in [0.29, 0.717) is 56.5 Å². The summed E-state index contributed by atoms with van der Waals surface area (Å²) < 4.78 is 24.4. The van der Waals surface area contributed by atoms with Crippen LogP contribution in [-0.2, 0) is 22.6 Å². The third kappa shape index (κ3) is 5.16. The van der Waals surface area contributed by atoms with Gasteiger partial charge in [0.1, 0.15) is 13.2 Å². The number of hydrogen-bond acceptors (Lipinski definition) is 9. The van der Waals surface area contributed by atoms with Crippen molar-refractivity contribution in [3.05, 3.63) is 39.9 Å². The molecule has 0 saturated carbocycles. The molecular weight excluding hydrogens is 452 g/mol. The average Bonchev–Trinajstić information content (AvgIpc) is 3.55. The fourth-order valence-corrected chi connectivity index (χ4v) is 4.87. The van der Waals surface area contributed by atoms with E-state index in [0.717, 1.165) is 42.6 Å². The lowest BCUT2D eigenvalue weighted by molar-refractivity contribution is 0.0484. The molecule has 4 heterocycles. The van der Waals surface area contributed by atoms with Crippen LogP contribution in [-0.4, -0.2) is 76.3 Å². The zero-order valence-corrected chi connectivity index (χ0v) is 20.2. The predicted octanol–water partition coefficient (Wildman–Crippen LogP) is 2.06. The Balaban J connectivity index is 1.47. The maximum atomic E-state index is 13.1. The van der Waals surface area contributed by atoms with Crippen LogP contribution in [0.2, 0.25) is 0 Å². The van der Waals surface area contributed by atoms with Crippen LogP contribution in [0, 0.1) is 0 Å². The van der Waals surface area contributed by atoms with Crippen LogP contribution in [0.3, 0.4) is 0 Å². The molecule has 2 aromatic heterocycles. The van der Waals surface area contributed by atoms with E-state index >= 15 is 0 Å². The van der Waals surface area contributed by atoms with Crippen LogP contribution in [0.25, 0.3) is 10.9 Å². The number of ether oxygens (including phenoxy) is 4. The maximum Gasteiger partial charge on any atom is 0.252 e. The monoisotopic (exact) mass is 484 g/mol. The number of hydrogen-bond donors (Lipinski definition) is 1. The van der Waals surface area contributed by atoms with Crippen LogP contribution >= 0.6 is 0 Å². The highest BCUT2D eigenvalue weighted by atomic mass is 16.6. The molecule has 1 saturated heterocycles. The van der Waals surface area contributed by atoms with E-state index in [9.17, 15) is 4.79 Å². The lowest BCUT2D eigenvalue weighted by atomic mass is 10.1. The SMILES string of the molecule is CC[C@@H](c1nnnn1CCOC)N(Cc1cc2cc3c(cc2[nH]c1=O)OCCO3)C[C@@H]1CCCO1. The molecule has 2 aliphatic rings. The number of nitrogens with zero attached hydrogens (tertiary/aromatic N) is 5. The third-order valence-corrected chi connectivity index (χ3v) is 6.61. The number of nitrogens with one attached hydrogen (secondary N) is 1. The molecule has 11 nitrogen and oxygen atoms in total. The number of aromatic amines is 1. The van der Waals surface area contributed by atoms with E-state index < -0.39 is 0 Å². The third-order valence-electron chi connectivity index (χ3n) is 6.61. The number of aromatic nitrogens is 5. The van der Waals surface area contributed by atoms with E-state index in [-0.39, 0.29) is 17.7 Å². The molecule has 35 heavy (non-hydrogen) atoms. The topological polar surface area (TPSA) is 117 Å². The minimum absolute atomic E-state index is 0.0820. The fourth-order valence-electron chi connectivity index (χ4n) is 4.87. The number of methoxy groups -OCH3 is 1. The summed E-state index contributed by atoms with van der Waals surface area (Å²) in [6.07, 6.45) is 2.94. The number of tetrazole rings is 1. The van der Waals surface area contributed by atoms with Gasteiger partial charge in [-0.05, 0) is 41.8 Å². The molecule has 0 bridgehead atoms. The minimum Gasteiger partial charge on any atom is -0.486 e. The molecule has 0 radical (unpaired) electrons. The van der Waals surface area contributed by atoms with Crippen molar-refractivity contribution in [1.29, 1.82) is 0 Å².